The molecule has 0 aromatic heterocycles. The minimum absolute atomic E-state index is 0.560. The molecule has 0 fully saturated rings. The Hall–Kier alpha value is -1.46. The fourth-order valence-corrected chi connectivity index (χ4v) is 0.122. The molecule has 0 saturated carbocycles. The van der Waals surface area contributed by atoms with Gasteiger partial charge in [0.05, 0.1) is 0 Å². The summed E-state index contributed by atoms with van der Waals surface area (Å²) < 4.78 is 0. The Morgan fingerprint density at radius 3 is 2.62 bits per heavy atom. The van der Waals surface area contributed by atoms with Crippen molar-refractivity contribution in [3.05, 3.63) is 10.1 Å². The van der Waals surface area contributed by atoms with Crippen LogP contribution in [-0.2, 0) is 0 Å². The molecule has 0 bridgehead atoms. The second-order valence-corrected chi connectivity index (χ2v) is 0.876. The molecule has 0 aliphatic heterocycles. The summed E-state index contributed by atoms with van der Waals surface area (Å²) in [4.78, 5) is 12.3. The van der Waals surface area contributed by atoms with E-state index < -0.39 is 11.0 Å². The van der Waals surface area contributed by atoms with Gasteiger partial charge >= 0.3 is 0 Å². The van der Waals surface area contributed by atoms with Crippen LogP contribution in [0.15, 0.2) is 4.99 Å². The van der Waals surface area contributed by atoms with Gasteiger partial charge in [0.15, 0.2) is 5.03 Å². The van der Waals surface area contributed by atoms with Crippen LogP contribution in [0.25, 0.3) is 0 Å². The molecule has 8 heavy (non-hydrogen) atoms. The molecule has 0 rings (SSSR count). The summed E-state index contributed by atoms with van der Waals surface area (Å²) in [5, 5.41) is 15.0. The molecule has 0 saturated heterocycles. The maximum Gasteiger partial charge on any atom is 0.276 e. The smallest absolute Gasteiger partial charge is 0.263 e. The fourth-order valence-electron chi connectivity index (χ4n) is 0.122. The molecular weight excluding hydrogens is 112 g/mol. The molecule has 0 atom stereocenters. The molecule has 0 radical (unpaired) electrons. The van der Waals surface area contributed by atoms with Crippen molar-refractivity contribution in [2.45, 2.75) is 0 Å². The number of hydrogen-bond acceptors (Lipinski definition) is 3. The first-order valence-electron chi connectivity index (χ1n) is 1.63. The Morgan fingerprint density at radius 1 is 2.00 bits per heavy atom. The molecule has 0 aliphatic carbocycles. The van der Waals surface area contributed by atoms with Crippen LogP contribution in [0.5, 0.6) is 0 Å². The standard InChI is InChI=1S/C2H4N4O2/c1-4-2(3)5-6(7)8/h1H2,(H2,3,5). The summed E-state index contributed by atoms with van der Waals surface area (Å²) in [6, 6.07) is 0. The van der Waals surface area contributed by atoms with E-state index in [-0.39, 0.29) is 0 Å². The highest BCUT2D eigenvalue weighted by atomic mass is 16.7. The van der Waals surface area contributed by atoms with Crippen LogP contribution < -0.4 is 5.43 Å². The van der Waals surface area contributed by atoms with Crippen LogP contribution in [0, 0.1) is 15.5 Å². The Balaban J connectivity index is 3.55. The number of aliphatic imine (C=N–C) groups is 1. The second kappa shape index (κ2) is 2.67. The molecule has 6 nitrogen and oxygen atoms in total. The molecular formula is C2H4N4O2. The third-order valence-corrected chi connectivity index (χ3v) is 0.355. The minimum atomic E-state index is -0.878. The highest BCUT2D eigenvalue weighted by Gasteiger charge is 1.95. The molecule has 0 aliphatic rings. The maximum atomic E-state index is 9.43. The topological polar surface area (TPSA) is 91.4 Å². The first-order chi connectivity index (χ1) is 3.66. The monoisotopic (exact) mass is 116 g/mol. The van der Waals surface area contributed by atoms with E-state index in [2.05, 4.69) is 11.7 Å². The van der Waals surface area contributed by atoms with E-state index in [1.807, 2.05) is 0 Å². The van der Waals surface area contributed by atoms with E-state index in [0.717, 1.165) is 0 Å². The lowest BCUT2D eigenvalue weighted by Gasteiger charge is -1.87. The van der Waals surface area contributed by atoms with Crippen LogP contribution in [0.1, 0.15) is 0 Å². The highest BCUT2D eigenvalue weighted by molar-refractivity contribution is 5.79. The largest absolute Gasteiger partial charge is 0.276 e. The predicted molar refractivity (Wildman–Crippen MR) is 27.4 cm³/mol. The van der Waals surface area contributed by atoms with Crippen molar-refractivity contribution in [1.82, 2.24) is 5.43 Å². The van der Waals surface area contributed by atoms with E-state index in [1.165, 1.54) is 5.43 Å². The van der Waals surface area contributed by atoms with Gasteiger partial charge in [0.2, 0.25) is 0 Å². The van der Waals surface area contributed by atoms with Crippen LogP contribution in [0.4, 0.5) is 0 Å². The Morgan fingerprint density at radius 2 is 2.50 bits per heavy atom. The lowest BCUT2D eigenvalue weighted by atomic mass is 11.0. The Labute approximate surface area is 44.9 Å². The number of nitrogens with one attached hydrogen (secondary N) is 2. The van der Waals surface area contributed by atoms with Gasteiger partial charge in [0, 0.05) is 0 Å². The quantitative estimate of drug-likeness (QED) is 0.207. The molecule has 0 aromatic carbocycles. The summed E-state index contributed by atoms with van der Waals surface area (Å²) in [7, 11) is 0. The third-order valence-electron chi connectivity index (χ3n) is 0.355. The number of hydrogen-bond donors (Lipinski definition) is 2. The van der Waals surface area contributed by atoms with Gasteiger partial charge in [-0.05, 0) is 6.72 Å². The third kappa shape index (κ3) is 2.76. The van der Waals surface area contributed by atoms with Crippen molar-refractivity contribution < 1.29 is 5.03 Å². The molecule has 0 heterocycles. The summed E-state index contributed by atoms with van der Waals surface area (Å²) in [5.74, 6) is -0.560. The molecule has 6 heteroatoms. The zero-order valence-electron chi connectivity index (χ0n) is 3.92. The number of guanidine groups is 1. The van der Waals surface area contributed by atoms with E-state index in [9.17, 15) is 10.1 Å². The van der Waals surface area contributed by atoms with Gasteiger partial charge in [0.25, 0.3) is 5.96 Å². The minimum Gasteiger partial charge on any atom is -0.263 e. The fraction of sp³-hybridized carbons (Fsp3) is 0. The van der Waals surface area contributed by atoms with Crippen molar-refractivity contribution in [3.63, 3.8) is 0 Å². The molecule has 0 unspecified atom stereocenters. The highest BCUT2D eigenvalue weighted by Crippen LogP contribution is 1.63. The summed E-state index contributed by atoms with van der Waals surface area (Å²) >= 11 is 0. The second-order valence-electron chi connectivity index (χ2n) is 0.876. The van der Waals surface area contributed by atoms with Crippen molar-refractivity contribution in [3.8, 4) is 0 Å². The van der Waals surface area contributed by atoms with Crippen molar-refractivity contribution in [2.24, 2.45) is 4.99 Å². The zero-order valence-corrected chi connectivity index (χ0v) is 3.92. The zero-order chi connectivity index (χ0) is 6.57. The summed E-state index contributed by atoms with van der Waals surface area (Å²) in [6.45, 7) is 2.87. The Kier molecular flexibility index (Phi) is 2.18. The van der Waals surface area contributed by atoms with E-state index >= 15 is 0 Å². The average molecular weight is 116 g/mol. The van der Waals surface area contributed by atoms with Gasteiger partial charge in [-0.15, -0.1) is 0 Å². The lowest BCUT2D eigenvalue weighted by Crippen LogP contribution is -2.26. The molecule has 44 valence electrons. The molecule has 2 N–H and O–H groups in total. The van der Waals surface area contributed by atoms with Gasteiger partial charge in [-0.2, -0.15) is 0 Å². The van der Waals surface area contributed by atoms with Crippen molar-refractivity contribution in [1.29, 1.82) is 5.41 Å². The van der Waals surface area contributed by atoms with Crippen LogP contribution in [0.3, 0.4) is 0 Å². The molecule has 0 amide bonds. The summed E-state index contributed by atoms with van der Waals surface area (Å²) in [5.41, 5.74) is 1.47. The lowest BCUT2D eigenvalue weighted by molar-refractivity contribution is -0.525. The van der Waals surface area contributed by atoms with Gasteiger partial charge in [-0.3, -0.25) is 5.41 Å². The summed E-state index contributed by atoms with van der Waals surface area (Å²) in [6.07, 6.45) is 0. The molecule has 0 aromatic rings. The molecule has 0 spiro atoms. The number of nitrogens with zero attached hydrogens (tertiary/aromatic N) is 2. The van der Waals surface area contributed by atoms with Gasteiger partial charge in [-0.1, -0.05) is 5.43 Å². The SMILES string of the molecule is C=NC(=N)N[N+](=O)[O-]. The van der Waals surface area contributed by atoms with Gasteiger partial charge < -0.3 is 0 Å². The van der Waals surface area contributed by atoms with Crippen LogP contribution >= 0.6 is 0 Å². The van der Waals surface area contributed by atoms with Gasteiger partial charge in [-0.25, -0.2) is 15.1 Å². The van der Waals surface area contributed by atoms with Crippen molar-refractivity contribution >= 4 is 12.7 Å². The van der Waals surface area contributed by atoms with E-state index in [4.69, 9.17) is 5.41 Å². The first-order valence-corrected chi connectivity index (χ1v) is 1.63. The van der Waals surface area contributed by atoms with Crippen molar-refractivity contribution in [2.75, 3.05) is 0 Å². The number of rotatable bonds is 1. The van der Waals surface area contributed by atoms with E-state index in [0.29, 0.717) is 0 Å². The average Bonchev–Trinajstić information content (AvgIpc) is 1.65. The van der Waals surface area contributed by atoms with Crippen LogP contribution in [0.2, 0.25) is 0 Å². The first kappa shape index (κ1) is 6.54. The van der Waals surface area contributed by atoms with E-state index in [1.54, 1.807) is 0 Å². The number of nitro groups is 1. The Bertz CT molecular complexity index is 130. The van der Waals surface area contributed by atoms with Crippen LogP contribution in [-0.4, -0.2) is 17.7 Å². The van der Waals surface area contributed by atoms with Gasteiger partial charge in [0.1, 0.15) is 0 Å². The predicted octanol–water partition coefficient (Wildman–Crippen LogP) is -0.597. The normalized spacial score (nSPS) is 7.50. The maximum absolute atomic E-state index is 9.43. The number of hydrazine groups is 1.